The molecule has 0 saturated carbocycles. The van der Waals surface area contributed by atoms with Crippen LogP contribution in [0, 0.1) is 10.1 Å². The van der Waals surface area contributed by atoms with Gasteiger partial charge < -0.3 is 9.47 Å². The number of nitro groups is 1. The zero-order valence-electron chi connectivity index (χ0n) is 18.3. The van der Waals surface area contributed by atoms with Crippen LogP contribution < -0.4 is 14.9 Å². The summed E-state index contributed by atoms with van der Waals surface area (Å²) in [6.07, 6.45) is 8.59. The number of carbonyl (C=O) groups is 1. The lowest BCUT2D eigenvalue weighted by Crippen LogP contribution is -2.17. The third-order valence-electron chi connectivity index (χ3n) is 4.72. The van der Waals surface area contributed by atoms with E-state index in [4.69, 9.17) is 9.47 Å². The summed E-state index contributed by atoms with van der Waals surface area (Å²) in [5.74, 6) is 0.725. The number of nitrogens with zero attached hydrogens (tertiary/aromatic N) is 2. The number of nitrogens with one attached hydrogen (secondary N) is 1. The first-order chi connectivity index (χ1) is 15.5. The van der Waals surface area contributed by atoms with Gasteiger partial charge in [0.05, 0.1) is 29.3 Å². The first-order valence-electron chi connectivity index (χ1n) is 10.5. The zero-order valence-corrected chi connectivity index (χ0v) is 19.9. The average Bonchev–Trinajstić information content (AvgIpc) is 2.79. The molecule has 0 bridgehead atoms. The molecule has 1 N–H and O–H groups in total. The Kier molecular flexibility index (Phi) is 10.7. The largest absolute Gasteiger partial charge is 0.493 e. The van der Waals surface area contributed by atoms with Crippen LogP contribution in [0.2, 0.25) is 0 Å². The second kappa shape index (κ2) is 13.5. The molecule has 0 atom stereocenters. The Morgan fingerprint density at radius 3 is 2.50 bits per heavy atom. The molecule has 0 saturated heterocycles. The molecule has 2 aromatic rings. The number of methoxy groups -OCH3 is 1. The summed E-state index contributed by atoms with van der Waals surface area (Å²) in [6, 6.07) is 8.87. The van der Waals surface area contributed by atoms with Crippen molar-refractivity contribution in [3.05, 3.63) is 62.1 Å². The molecule has 0 unspecified atom stereocenters. The highest BCUT2D eigenvalue weighted by molar-refractivity contribution is 9.10. The van der Waals surface area contributed by atoms with Crippen LogP contribution in [0.15, 0.2) is 46.0 Å². The van der Waals surface area contributed by atoms with E-state index in [-0.39, 0.29) is 11.3 Å². The first kappa shape index (κ1) is 25.3. The Balaban J connectivity index is 1.92. The normalized spacial score (nSPS) is 10.8. The van der Waals surface area contributed by atoms with E-state index in [0.29, 0.717) is 23.7 Å². The van der Waals surface area contributed by atoms with E-state index < -0.39 is 10.8 Å². The van der Waals surface area contributed by atoms with Gasteiger partial charge in [0.25, 0.3) is 11.6 Å². The number of benzene rings is 2. The molecule has 0 aliphatic rings. The minimum atomic E-state index is -0.522. The van der Waals surface area contributed by atoms with Crippen LogP contribution in [0.1, 0.15) is 61.4 Å². The summed E-state index contributed by atoms with van der Waals surface area (Å²) >= 11 is 3.51. The minimum Gasteiger partial charge on any atom is -0.493 e. The molecule has 0 aromatic heterocycles. The maximum atomic E-state index is 12.1. The molecule has 0 spiro atoms. The smallest absolute Gasteiger partial charge is 0.271 e. The monoisotopic (exact) mass is 505 g/mol. The van der Waals surface area contributed by atoms with Crippen LogP contribution in [0.5, 0.6) is 11.5 Å². The van der Waals surface area contributed by atoms with Gasteiger partial charge in [0.2, 0.25) is 0 Å². The van der Waals surface area contributed by atoms with E-state index in [1.807, 2.05) is 6.07 Å². The van der Waals surface area contributed by atoms with E-state index in [9.17, 15) is 14.9 Å². The highest BCUT2D eigenvalue weighted by Crippen LogP contribution is 2.36. The first-order valence-corrected chi connectivity index (χ1v) is 11.3. The molecule has 2 rings (SSSR count). The number of ether oxygens (including phenoxy) is 2. The van der Waals surface area contributed by atoms with E-state index in [1.165, 1.54) is 56.2 Å². The van der Waals surface area contributed by atoms with Gasteiger partial charge >= 0.3 is 0 Å². The Bertz CT molecular complexity index is 932. The lowest BCUT2D eigenvalue weighted by molar-refractivity contribution is -0.384. The maximum Gasteiger partial charge on any atom is 0.271 e. The van der Waals surface area contributed by atoms with Gasteiger partial charge in [-0.1, -0.05) is 39.0 Å². The summed E-state index contributed by atoms with van der Waals surface area (Å²) in [4.78, 5) is 22.3. The molecule has 1 amide bonds. The van der Waals surface area contributed by atoms with Crippen molar-refractivity contribution in [2.45, 2.75) is 45.4 Å². The van der Waals surface area contributed by atoms with Crippen molar-refractivity contribution in [3.63, 3.8) is 0 Å². The van der Waals surface area contributed by atoms with Gasteiger partial charge in [-0.2, -0.15) is 5.10 Å². The van der Waals surface area contributed by atoms with E-state index in [2.05, 4.69) is 33.4 Å². The number of hydrogen-bond donors (Lipinski definition) is 1. The summed E-state index contributed by atoms with van der Waals surface area (Å²) in [5.41, 5.74) is 3.29. The number of non-ortho nitro benzene ring substituents is 1. The molecule has 0 aliphatic carbocycles. The van der Waals surface area contributed by atoms with Crippen LogP contribution in [-0.4, -0.2) is 30.8 Å². The van der Waals surface area contributed by atoms with E-state index >= 15 is 0 Å². The number of hydrazone groups is 1. The highest BCUT2D eigenvalue weighted by Gasteiger charge is 2.12. The Hall–Kier alpha value is -2.94. The maximum absolute atomic E-state index is 12.1. The molecule has 2 aromatic carbocycles. The minimum absolute atomic E-state index is 0.0826. The average molecular weight is 506 g/mol. The third kappa shape index (κ3) is 7.96. The molecule has 9 heteroatoms. The van der Waals surface area contributed by atoms with Crippen LogP contribution in [0.25, 0.3) is 0 Å². The van der Waals surface area contributed by atoms with Gasteiger partial charge in [-0.25, -0.2) is 5.43 Å². The Labute approximate surface area is 196 Å². The number of nitro benzene ring substituents is 1. The van der Waals surface area contributed by atoms with Crippen molar-refractivity contribution in [1.29, 1.82) is 0 Å². The molecule has 172 valence electrons. The van der Waals surface area contributed by atoms with Crippen molar-refractivity contribution in [3.8, 4) is 11.5 Å². The SMILES string of the molecule is CCCCCCCCOc1c(Br)cc(/C=N/NC(=O)c2ccc([N+](=O)[O-])cc2)cc1OC. The molecular weight excluding hydrogens is 478 g/mol. The Morgan fingerprint density at radius 2 is 1.84 bits per heavy atom. The standard InChI is InChI=1S/C23H28BrN3O5/c1-3-4-5-6-7-8-13-32-22-20(24)14-17(15-21(22)31-2)16-25-26-23(28)18-9-11-19(12-10-18)27(29)30/h9-12,14-16H,3-8,13H2,1-2H3,(H,26,28)/b25-16+. The van der Waals surface area contributed by atoms with E-state index in [0.717, 1.165) is 17.3 Å². The van der Waals surface area contributed by atoms with Crippen LogP contribution in [-0.2, 0) is 0 Å². The quantitative estimate of drug-likeness (QED) is 0.158. The second-order valence-corrected chi connectivity index (χ2v) is 8.01. The summed E-state index contributed by atoms with van der Waals surface area (Å²) < 4.78 is 12.1. The topological polar surface area (TPSA) is 103 Å². The summed E-state index contributed by atoms with van der Waals surface area (Å²) in [7, 11) is 1.57. The van der Waals surface area contributed by atoms with Gasteiger partial charge in [0.1, 0.15) is 0 Å². The fourth-order valence-corrected chi connectivity index (χ4v) is 3.55. The van der Waals surface area contributed by atoms with Crippen LogP contribution in [0.4, 0.5) is 5.69 Å². The lowest BCUT2D eigenvalue weighted by Gasteiger charge is -2.13. The van der Waals surface area contributed by atoms with Gasteiger partial charge in [-0.3, -0.25) is 14.9 Å². The van der Waals surface area contributed by atoms with Crippen LogP contribution in [0.3, 0.4) is 0 Å². The number of carbonyl (C=O) groups excluding carboxylic acids is 1. The molecule has 0 heterocycles. The number of hydrogen-bond acceptors (Lipinski definition) is 6. The molecule has 32 heavy (non-hydrogen) atoms. The number of unbranched alkanes of at least 4 members (excludes halogenated alkanes) is 5. The van der Waals surface area contributed by atoms with Gasteiger partial charge in [-0.15, -0.1) is 0 Å². The molecule has 0 radical (unpaired) electrons. The lowest BCUT2D eigenvalue weighted by atomic mass is 10.1. The zero-order chi connectivity index (χ0) is 23.3. The van der Waals surface area contributed by atoms with Crippen molar-refractivity contribution >= 4 is 33.7 Å². The van der Waals surface area contributed by atoms with Crippen molar-refractivity contribution in [2.75, 3.05) is 13.7 Å². The number of rotatable bonds is 13. The second-order valence-electron chi connectivity index (χ2n) is 7.15. The molecule has 0 fully saturated rings. The number of halogens is 1. The van der Waals surface area contributed by atoms with Crippen molar-refractivity contribution in [1.82, 2.24) is 5.43 Å². The molecule has 0 aliphatic heterocycles. The predicted molar refractivity (Wildman–Crippen MR) is 128 cm³/mol. The van der Waals surface area contributed by atoms with Crippen molar-refractivity contribution in [2.24, 2.45) is 5.10 Å². The number of amides is 1. The van der Waals surface area contributed by atoms with Gasteiger partial charge in [-0.05, 0) is 52.2 Å². The fraction of sp³-hybridized carbons (Fsp3) is 0.391. The highest BCUT2D eigenvalue weighted by atomic mass is 79.9. The predicted octanol–water partition coefficient (Wildman–Crippen LogP) is 5.87. The third-order valence-corrected chi connectivity index (χ3v) is 5.31. The van der Waals surface area contributed by atoms with Gasteiger partial charge in [0.15, 0.2) is 11.5 Å². The summed E-state index contributed by atoms with van der Waals surface area (Å²) in [5, 5.41) is 14.7. The Morgan fingerprint density at radius 1 is 1.16 bits per heavy atom. The fourth-order valence-electron chi connectivity index (χ4n) is 2.98. The summed E-state index contributed by atoms with van der Waals surface area (Å²) in [6.45, 7) is 2.81. The molecule has 8 nitrogen and oxygen atoms in total. The van der Waals surface area contributed by atoms with Gasteiger partial charge in [0, 0.05) is 17.7 Å². The van der Waals surface area contributed by atoms with E-state index in [1.54, 1.807) is 13.2 Å². The van der Waals surface area contributed by atoms with Crippen LogP contribution >= 0.6 is 15.9 Å². The molecular formula is C23H28BrN3O5. The van der Waals surface area contributed by atoms with Crippen molar-refractivity contribution < 1.29 is 19.2 Å².